The van der Waals surface area contributed by atoms with Crippen molar-refractivity contribution in [3.63, 3.8) is 0 Å². The Kier molecular flexibility index (Phi) is 6.15. The SMILES string of the molecule is N#Cc1ccccc1S(=O)(=O)N1CCN(C(=O)C2(Cc3nc4ccccc4s3)CCCC2)CC1. The van der Waals surface area contributed by atoms with E-state index in [1.54, 1.807) is 23.5 Å². The monoisotopic (exact) mass is 494 g/mol. The lowest BCUT2D eigenvalue weighted by Gasteiger charge is -2.39. The first-order valence-electron chi connectivity index (χ1n) is 11.6. The quantitative estimate of drug-likeness (QED) is 0.538. The van der Waals surface area contributed by atoms with Crippen LogP contribution in [-0.4, -0.2) is 54.7 Å². The minimum absolute atomic E-state index is 0.0281. The van der Waals surface area contributed by atoms with Crippen molar-refractivity contribution in [2.24, 2.45) is 5.41 Å². The number of rotatable bonds is 5. The van der Waals surface area contributed by atoms with Crippen molar-refractivity contribution in [2.45, 2.75) is 37.0 Å². The number of thiazole rings is 1. The molecular weight excluding hydrogens is 468 g/mol. The van der Waals surface area contributed by atoms with Gasteiger partial charge in [-0.05, 0) is 37.1 Å². The molecule has 2 aliphatic rings. The van der Waals surface area contributed by atoms with Gasteiger partial charge in [-0.1, -0.05) is 37.1 Å². The Hall–Kier alpha value is -2.80. The lowest BCUT2D eigenvalue weighted by Crippen LogP contribution is -2.54. The zero-order valence-electron chi connectivity index (χ0n) is 18.8. The number of para-hydroxylation sites is 1. The van der Waals surface area contributed by atoms with Crippen LogP contribution in [0.4, 0.5) is 0 Å². The first-order chi connectivity index (χ1) is 16.4. The van der Waals surface area contributed by atoms with E-state index in [9.17, 15) is 18.5 Å². The molecular formula is C25H26N4O3S2. The van der Waals surface area contributed by atoms with Crippen LogP contribution in [0.3, 0.4) is 0 Å². The molecule has 0 atom stereocenters. The molecule has 1 aliphatic carbocycles. The van der Waals surface area contributed by atoms with Gasteiger partial charge in [0.2, 0.25) is 15.9 Å². The number of amides is 1. The lowest BCUT2D eigenvalue weighted by molar-refractivity contribution is -0.143. The highest BCUT2D eigenvalue weighted by Gasteiger charge is 2.45. The predicted octanol–water partition coefficient (Wildman–Crippen LogP) is 3.80. The van der Waals surface area contributed by atoms with Gasteiger partial charge in [-0.15, -0.1) is 11.3 Å². The summed E-state index contributed by atoms with van der Waals surface area (Å²) >= 11 is 1.66. The number of sulfonamides is 1. The maximum Gasteiger partial charge on any atom is 0.244 e. The zero-order valence-corrected chi connectivity index (χ0v) is 20.4. The standard InChI is InChI=1S/C25H26N4O3S2/c26-18-19-7-1-4-10-22(19)34(31,32)29-15-13-28(14-16-29)24(30)25(11-5-6-12-25)17-23-27-20-8-2-3-9-21(20)33-23/h1-4,7-10H,5-6,11-17H2. The molecule has 1 saturated heterocycles. The number of carbonyl (C=O) groups is 1. The van der Waals surface area contributed by atoms with E-state index in [0.29, 0.717) is 19.5 Å². The fourth-order valence-electron chi connectivity index (χ4n) is 5.19. The van der Waals surface area contributed by atoms with Gasteiger partial charge < -0.3 is 4.90 Å². The van der Waals surface area contributed by atoms with Crippen LogP contribution in [0.5, 0.6) is 0 Å². The molecule has 34 heavy (non-hydrogen) atoms. The van der Waals surface area contributed by atoms with Crippen molar-refractivity contribution >= 4 is 37.5 Å². The van der Waals surface area contributed by atoms with E-state index in [-0.39, 0.29) is 29.5 Å². The Balaban J connectivity index is 1.31. The Morgan fingerprint density at radius 1 is 1.03 bits per heavy atom. The summed E-state index contributed by atoms with van der Waals surface area (Å²) < 4.78 is 28.8. The van der Waals surface area contributed by atoms with E-state index < -0.39 is 15.4 Å². The number of nitriles is 1. The molecule has 5 rings (SSSR count). The summed E-state index contributed by atoms with van der Waals surface area (Å²) in [6, 6.07) is 16.3. The third kappa shape index (κ3) is 4.11. The van der Waals surface area contributed by atoms with Gasteiger partial charge in [-0.3, -0.25) is 4.79 Å². The molecule has 1 aromatic heterocycles. The molecule has 0 bridgehead atoms. The minimum atomic E-state index is -3.79. The summed E-state index contributed by atoms with van der Waals surface area (Å²) in [5, 5.41) is 10.3. The Morgan fingerprint density at radius 2 is 1.71 bits per heavy atom. The van der Waals surface area contributed by atoms with Crippen molar-refractivity contribution in [1.82, 2.24) is 14.2 Å². The van der Waals surface area contributed by atoms with E-state index in [2.05, 4.69) is 6.07 Å². The van der Waals surface area contributed by atoms with Gasteiger partial charge in [0, 0.05) is 32.6 Å². The highest BCUT2D eigenvalue weighted by molar-refractivity contribution is 7.89. The van der Waals surface area contributed by atoms with E-state index in [1.165, 1.54) is 16.4 Å². The Bertz CT molecular complexity index is 1330. The van der Waals surface area contributed by atoms with Crippen LogP contribution in [0, 0.1) is 16.7 Å². The van der Waals surface area contributed by atoms with Crippen LogP contribution >= 0.6 is 11.3 Å². The molecule has 2 aromatic carbocycles. The van der Waals surface area contributed by atoms with Gasteiger partial charge in [0.05, 0.1) is 31.1 Å². The van der Waals surface area contributed by atoms with Gasteiger partial charge >= 0.3 is 0 Å². The molecule has 1 amide bonds. The number of carbonyl (C=O) groups excluding carboxylic acids is 1. The van der Waals surface area contributed by atoms with Crippen molar-refractivity contribution in [2.75, 3.05) is 26.2 Å². The van der Waals surface area contributed by atoms with Crippen LogP contribution < -0.4 is 0 Å². The van der Waals surface area contributed by atoms with Gasteiger partial charge in [0.15, 0.2) is 0 Å². The molecule has 0 unspecified atom stereocenters. The molecule has 7 nitrogen and oxygen atoms in total. The third-order valence-corrected chi connectivity index (χ3v) is 9.99. The molecule has 0 N–H and O–H groups in total. The van der Waals surface area contributed by atoms with Gasteiger partial charge in [-0.2, -0.15) is 9.57 Å². The molecule has 0 spiro atoms. The zero-order chi connectivity index (χ0) is 23.8. The van der Waals surface area contributed by atoms with Crippen LogP contribution in [0.15, 0.2) is 53.4 Å². The highest BCUT2D eigenvalue weighted by atomic mass is 32.2. The number of fused-ring (bicyclic) bond motifs is 1. The predicted molar refractivity (Wildman–Crippen MR) is 131 cm³/mol. The molecule has 9 heteroatoms. The smallest absolute Gasteiger partial charge is 0.244 e. The summed E-state index contributed by atoms with van der Waals surface area (Å²) in [7, 11) is -3.79. The topological polar surface area (TPSA) is 94.4 Å². The average molecular weight is 495 g/mol. The highest BCUT2D eigenvalue weighted by Crippen LogP contribution is 2.44. The molecule has 2 heterocycles. The number of hydrogen-bond donors (Lipinski definition) is 0. The molecule has 2 fully saturated rings. The summed E-state index contributed by atoms with van der Waals surface area (Å²) in [6.07, 6.45) is 4.37. The summed E-state index contributed by atoms with van der Waals surface area (Å²) in [6.45, 7) is 1.17. The molecule has 176 valence electrons. The molecule has 1 aliphatic heterocycles. The van der Waals surface area contributed by atoms with Crippen molar-refractivity contribution < 1.29 is 13.2 Å². The maximum atomic E-state index is 13.8. The fraction of sp³-hybridized carbons (Fsp3) is 0.400. The maximum absolute atomic E-state index is 13.8. The first-order valence-corrected chi connectivity index (χ1v) is 13.8. The van der Waals surface area contributed by atoms with Crippen LogP contribution in [0.1, 0.15) is 36.3 Å². The second-order valence-corrected chi connectivity index (χ2v) is 12.1. The molecule has 0 radical (unpaired) electrons. The van der Waals surface area contributed by atoms with E-state index in [1.807, 2.05) is 29.2 Å². The first kappa shape index (κ1) is 23.0. The second kappa shape index (κ2) is 9.10. The van der Waals surface area contributed by atoms with Crippen molar-refractivity contribution in [3.05, 3.63) is 59.1 Å². The average Bonchev–Trinajstić information content (AvgIpc) is 3.51. The fourth-order valence-corrected chi connectivity index (χ4v) is 7.87. The third-order valence-electron chi connectivity index (χ3n) is 6.99. The number of hydrogen-bond acceptors (Lipinski definition) is 6. The number of benzene rings is 2. The summed E-state index contributed by atoms with van der Waals surface area (Å²) in [5.41, 5.74) is 0.656. The molecule has 3 aromatic rings. The second-order valence-electron chi connectivity index (χ2n) is 9.04. The van der Waals surface area contributed by atoms with Gasteiger partial charge in [0.1, 0.15) is 6.07 Å². The van der Waals surface area contributed by atoms with Gasteiger partial charge in [-0.25, -0.2) is 13.4 Å². The van der Waals surface area contributed by atoms with Crippen LogP contribution in [-0.2, 0) is 21.2 Å². The summed E-state index contributed by atoms with van der Waals surface area (Å²) in [5.74, 6) is 0.124. The largest absolute Gasteiger partial charge is 0.340 e. The number of aromatic nitrogens is 1. The number of nitrogens with zero attached hydrogens (tertiary/aromatic N) is 4. The van der Waals surface area contributed by atoms with Crippen molar-refractivity contribution in [3.8, 4) is 6.07 Å². The van der Waals surface area contributed by atoms with E-state index in [4.69, 9.17) is 4.98 Å². The van der Waals surface area contributed by atoms with Crippen LogP contribution in [0.25, 0.3) is 10.2 Å². The Labute approximate surface area is 203 Å². The minimum Gasteiger partial charge on any atom is -0.340 e. The van der Waals surface area contributed by atoms with E-state index in [0.717, 1.165) is 40.9 Å². The van der Waals surface area contributed by atoms with Crippen molar-refractivity contribution in [1.29, 1.82) is 5.26 Å². The van der Waals surface area contributed by atoms with E-state index >= 15 is 0 Å². The van der Waals surface area contributed by atoms with Gasteiger partial charge in [0.25, 0.3) is 0 Å². The Morgan fingerprint density at radius 3 is 2.41 bits per heavy atom. The number of piperazine rings is 1. The lowest BCUT2D eigenvalue weighted by atomic mass is 9.81. The normalized spacial score (nSPS) is 18.7. The van der Waals surface area contributed by atoms with Crippen LogP contribution in [0.2, 0.25) is 0 Å². The summed E-state index contributed by atoms with van der Waals surface area (Å²) in [4.78, 5) is 20.4. The molecule has 1 saturated carbocycles.